The molecule has 0 aliphatic carbocycles. The molecule has 8 heteroatoms. The molecule has 2 aromatic rings. The van der Waals surface area contributed by atoms with Gasteiger partial charge in [0.2, 0.25) is 5.91 Å². The summed E-state index contributed by atoms with van der Waals surface area (Å²) < 4.78 is 10.5. The van der Waals surface area contributed by atoms with Crippen LogP contribution in [-0.2, 0) is 14.3 Å². The second kappa shape index (κ2) is 9.93. The smallest absolute Gasteiger partial charge is 0.338 e. The van der Waals surface area contributed by atoms with Crippen molar-refractivity contribution in [2.24, 2.45) is 0 Å². The summed E-state index contributed by atoms with van der Waals surface area (Å²) >= 11 is 5.79. The van der Waals surface area contributed by atoms with Gasteiger partial charge in [-0.1, -0.05) is 11.6 Å². The second-order valence-electron chi connectivity index (χ2n) is 6.42. The van der Waals surface area contributed by atoms with Gasteiger partial charge < -0.3 is 19.7 Å². The molecule has 152 valence electrons. The largest absolute Gasteiger partial charge is 0.492 e. The Labute approximate surface area is 173 Å². The fourth-order valence-corrected chi connectivity index (χ4v) is 2.98. The molecular weight excluding hydrogens is 396 g/mol. The standard InChI is InChI=1S/C21H21ClN2O5/c22-16-5-9-18(10-6-16)28-13-11-23-19(25)14-29-21(27)15-3-7-17(8-4-15)24-12-1-2-20(24)26/h3-10H,1-2,11-14H2,(H,23,25). The third-order valence-electron chi connectivity index (χ3n) is 4.33. The lowest BCUT2D eigenvalue weighted by Crippen LogP contribution is -2.32. The van der Waals surface area contributed by atoms with E-state index in [-0.39, 0.29) is 25.7 Å². The van der Waals surface area contributed by atoms with Crippen molar-refractivity contribution in [1.82, 2.24) is 5.32 Å². The SMILES string of the molecule is O=C(COC(=O)c1ccc(N2CCCC2=O)cc1)NCCOc1ccc(Cl)cc1. The number of benzene rings is 2. The van der Waals surface area contributed by atoms with E-state index in [9.17, 15) is 14.4 Å². The fourth-order valence-electron chi connectivity index (χ4n) is 2.85. The van der Waals surface area contributed by atoms with Crippen LogP contribution in [0.2, 0.25) is 5.02 Å². The van der Waals surface area contributed by atoms with Crippen LogP contribution < -0.4 is 15.0 Å². The number of carbonyl (C=O) groups is 3. The molecule has 7 nitrogen and oxygen atoms in total. The number of esters is 1. The van der Waals surface area contributed by atoms with Gasteiger partial charge in [-0.3, -0.25) is 9.59 Å². The van der Waals surface area contributed by atoms with Crippen LogP contribution in [0.1, 0.15) is 23.2 Å². The number of anilines is 1. The van der Waals surface area contributed by atoms with E-state index in [0.29, 0.717) is 29.3 Å². The number of rotatable bonds is 8. The van der Waals surface area contributed by atoms with E-state index >= 15 is 0 Å². The predicted octanol–water partition coefficient (Wildman–Crippen LogP) is 2.82. The Morgan fingerprint density at radius 2 is 1.79 bits per heavy atom. The van der Waals surface area contributed by atoms with E-state index in [4.69, 9.17) is 21.1 Å². The van der Waals surface area contributed by atoms with E-state index in [1.54, 1.807) is 53.4 Å². The Hall–Kier alpha value is -3.06. The van der Waals surface area contributed by atoms with Crippen molar-refractivity contribution in [3.63, 3.8) is 0 Å². The summed E-state index contributed by atoms with van der Waals surface area (Å²) in [6, 6.07) is 13.5. The zero-order chi connectivity index (χ0) is 20.6. The highest BCUT2D eigenvalue weighted by Crippen LogP contribution is 2.21. The summed E-state index contributed by atoms with van der Waals surface area (Å²) in [6.45, 7) is 0.853. The van der Waals surface area contributed by atoms with E-state index < -0.39 is 11.9 Å². The molecular formula is C21H21ClN2O5. The number of amides is 2. The number of nitrogens with one attached hydrogen (secondary N) is 1. The lowest BCUT2D eigenvalue weighted by atomic mass is 10.2. The zero-order valence-corrected chi connectivity index (χ0v) is 16.5. The first-order valence-electron chi connectivity index (χ1n) is 9.25. The molecule has 2 amide bonds. The Balaban J connectivity index is 1.36. The van der Waals surface area contributed by atoms with Gasteiger partial charge in [-0.25, -0.2) is 4.79 Å². The summed E-state index contributed by atoms with van der Waals surface area (Å²) in [6.07, 6.45) is 1.38. The molecule has 1 saturated heterocycles. The third-order valence-corrected chi connectivity index (χ3v) is 4.58. The molecule has 0 unspecified atom stereocenters. The summed E-state index contributed by atoms with van der Waals surface area (Å²) in [5, 5.41) is 3.23. The first-order chi connectivity index (χ1) is 14.0. The molecule has 1 N–H and O–H groups in total. The molecule has 0 aromatic heterocycles. The van der Waals surface area contributed by atoms with Gasteiger partial charge in [0.05, 0.1) is 12.1 Å². The highest BCUT2D eigenvalue weighted by atomic mass is 35.5. The molecule has 1 aliphatic rings. The van der Waals surface area contributed by atoms with Gasteiger partial charge in [0.25, 0.3) is 5.91 Å². The van der Waals surface area contributed by atoms with Gasteiger partial charge in [-0.05, 0) is 55.0 Å². The fraction of sp³-hybridized carbons (Fsp3) is 0.286. The van der Waals surface area contributed by atoms with Gasteiger partial charge >= 0.3 is 5.97 Å². The van der Waals surface area contributed by atoms with Gasteiger partial charge in [0.15, 0.2) is 6.61 Å². The van der Waals surface area contributed by atoms with Crippen molar-refractivity contribution in [3.8, 4) is 5.75 Å². The van der Waals surface area contributed by atoms with Crippen molar-refractivity contribution in [2.45, 2.75) is 12.8 Å². The van der Waals surface area contributed by atoms with E-state index in [0.717, 1.165) is 12.1 Å². The third kappa shape index (κ3) is 5.96. The highest BCUT2D eigenvalue weighted by molar-refractivity contribution is 6.30. The average Bonchev–Trinajstić information content (AvgIpc) is 3.16. The van der Waals surface area contributed by atoms with Crippen LogP contribution in [0.5, 0.6) is 5.75 Å². The maximum atomic E-state index is 12.1. The van der Waals surface area contributed by atoms with Crippen LogP contribution in [0.4, 0.5) is 5.69 Å². The van der Waals surface area contributed by atoms with Crippen LogP contribution in [0.25, 0.3) is 0 Å². The second-order valence-corrected chi connectivity index (χ2v) is 6.86. The Kier molecular flexibility index (Phi) is 7.08. The number of halogens is 1. The number of ether oxygens (including phenoxy) is 2. The molecule has 3 rings (SSSR count). The minimum Gasteiger partial charge on any atom is -0.492 e. The monoisotopic (exact) mass is 416 g/mol. The molecule has 0 atom stereocenters. The first-order valence-corrected chi connectivity index (χ1v) is 9.63. The van der Waals surface area contributed by atoms with Crippen LogP contribution in [0.15, 0.2) is 48.5 Å². The molecule has 0 bridgehead atoms. The summed E-state index contributed by atoms with van der Waals surface area (Å²) in [4.78, 5) is 37.3. The van der Waals surface area contributed by atoms with E-state index in [1.807, 2.05) is 0 Å². The molecule has 1 heterocycles. The predicted molar refractivity (Wildman–Crippen MR) is 108 cm³/mol. The molecule has 2 aromatic carbocycles. The van der Waals surface area contributed by atoms with Crippen molar-refractivity contribution >= 4 is 35.1 Å². The molecule has 0 radical (unpaired) electrons. The minimum atomic E-state index is -0.600. The number of hydrogen-bond acceptors (Lipinski definition) is 5. The number of nitrogens with zero attached hydrogens (tertiary/aromatic N) is 1. The van der Waals surface area contributed by atoms with Gasteiger partial charge in [-0.15, -0.1) is 0 Å². The van der Waals surface area contributed by atoms with E-state index in [2.05, 4.69) is 5.32 Å². The molecule has 29 heavy (non-hydrogen) atoms. The van der Waals surface area contributed by atoms with Crippen LogP contribution in [0, 0.1) is 0 Å². The summed E-state index contributed by atoms with van der Waals surface area (Å²) in [5.41, 5.74) is 1.07. The number of carbonyl (C=O) groups excluding carboxylic acids is 3. The van der Waals surface area contributed by atoms with Crippen LogP contribution in [-0.4, -0.2) is 44.1 Å². The normalized spacial score (nSPS) is 13.3. The van der Waals surface area contributed by atoms with Crippen molar-refractivity contribution in [2.75, 3.05) is 31.2 Å². The zero-order valence-electron chi connectivity index (χ0n) is 15.7. The Morgan fingerprint density at radius 1 is 1.07 bits per heavy atom. The summed E-state index contributed by atoms with van der Waals surface area (Å²) in [5.74, 6) is -0.291. The molecule has 1 fully saturated rings. The van der Waals surface area contributed by atoms with Crippen LogP contribution in [0.3, 0.4) is 0 Å². The Morgan fingerprint density at radius 3 is 2.45 bits per heavy atom. The summed E-state index contributed by atoms with van der Waals surface area (Å²) in [7, 11) is 0. The van der Waals surface area contributed by atoms with Gasteiger partial charge in [0.1, 0.15) is 12.4 Å². The van der Waals surface area contributed by atoms with Crippen molar-refractivity contribution < 1.29 is 23.9 Å². The highest BCUT2D eigenvalue weighted by Gasteiger charge is 2.21. The lowest BCUT2D eigenvalue weighted by Gasteiger charge is -2.15. The lowest BCUT2D eigenvalue weighted by molar-refractivity contribution is -0.124. The molecule has 0 saturated carbocycles. The average molecular weight is 417 g/mol. The molecule has 0 spiro atoms. The quantitative estimate of drug-likeness (QED) is 0.528. The molecule has 1 aliphatic heterocycles. The van der Waals surface area contributed by atoms with Crippen molar-refractivity contribution in [1.29, 1.82) is 0 Å². The van der Waals surface area contributed by atoms with Crippen molar-refractivity contribution in [3.05, 3.63) is 59.1 Å². The number of hydrogen-bond donors (Lipinski definition) is 1. The maximum Gasteiger partial charge on any atom is 0.338 e. The van der Waals surface area contributed by atoms with E-state index in [1.165, 1.54) is 0 Å². The van der Waals surface area contributed by atoms with Crippen LogP contribution >= 0.6 is 11.6 Å². The van der Waals surface area contributed by atoms with Gasteiger partial charge in [-0.2, -0.15) is 0 Å². The first kappa shape index (κ1) is 20.7. The van der Waals surface area contributed by atoms with Gasteiger partial charge in [0, 0.05) is 23.7 Å². The maximum absolute atomic E-state index is 12.1. The topological polar surface area (TPSA) is 84.9 Å². The Bertz CT molecular complexity index is 868. The minimum absolute atomic E-state index is 0.0806.